The molecule has 1 aromatic heterocycles. The van der Waals surface area contributed by atoms with Crippen LogP contribution in [0.4, 0.5) is 5.13 Å². The number of hydrogen-bond acceptors (Lipinski definition) is 4. The molecule has 18 heavy (non-hydrogen) atoms. The van der Waals surface area contributed by atoms with Crippen molar-refractivity contribution in [3.05, 3.63) is 10.6 Å². The van der Waals surface area contributed by atoms with Crippen LogP contribution in [0, 0.1) is 0 Å². The number of thiazole rings is 1. The quantitative estimate of drug-likeness (QED) is 0.856. The number of nitrogens with zero attached hydrogens (tertiary/aromatic N) is 2. The van der Waals surface area contributed by atoms with Crippen molar-refractivity contribution in [2.24, 2.45) is 0 Å². The van der Waals surface area contributed by atoms with Gasteiger partial charge in [-0.25, -0.2) is 4.98 Å². The largest absolute Gasteiger partial charge is 0.351 e. The minimum Gasteiger partial charge on any atom is -0.351 e. The number of aromatic nitrogens is 1. The molecular formula is C14H25N3S. The molecule has 1 atom stereocenters. The Bertz CT molecular complexity index is 375. The van der Waals surface area contributed by atoms with Crippen molar-refractivity contribution in [2.75, 3.05) is 25.0 Å². The zero-order valence-corrected chi connectivity index (χ0v) is 12.6. The Kier molecular flexibility index (Phi) is 5.01. The zero-order valence-electron chi connectivity index (χ0n) is 11.8. The monoisotopic (exact) mass is 267 g/mol. The molecule has 0 bridgehead atoms. The normalized spacial score (nSPS) is 18.7. The lowest BCUT2D eigenvalue weighted by Gasteiger charge is -2.21. The van der Waals surface area contributed by atoms with Crippen molar-refractivity contribution in [1.29, 1.82) is 0 Å². The summed E-state index contributed by atoms with van der Waals surface area (Å²) in [6, 6.07) is 0.546. The van der Waals surface area contributed by atoms with Crippen LogP contribution in [0.3, 0.4) is 0 Å². The van der Waals surface area contributed by atoms with Gasteiger partial charge in [0, 0.05) is 24.5 Å². The first kappa shape index (κ1) is 13.8. The third-order valence-corrected chi connectivity index (χ3v) is 4.89. The highest BCUT2D eigenvalue weighted by atomic mass is 32.1. The number of aryl methyl sites for hydroxylation is 1. The fourth-order valence-electron chi connectivity index (χ4n) is 2.50. The fourth-order valence-corrected chi connectivity index (χ4v) is 3.71. The van der Waals surface area contributed by atoms with Crippen molar-refractivity contribution < 1.29 is 0 Å². The molecule has 4 heteroatoms. The van der Waals surface area contributed by atoms with E-state index in [4.69, 9.17) is 4.98 Å². The highest BCUT2D eigenvalue weighted by molar-refractivity contribution is 7.15. The Morgan fingerprint density at radius 1 is 1.44 bits per heavy atom. The summed E-state index contributed by atoms with van der Waals surface area (Å²) >= 11 is 1.89. The van der Waals surface area contributed by atoms with Crippen LogP contribution in [0.1, 0.15) is 56.1 Å². The Labute approximate surface area is 115 Å². The van der Waals surface area contributed by atoms with E-state index in [1.165, 1.54) is 41.4 Å². The minimum absolute atomic E-state index is 0.546. The van der Waals surface area contributed by atoms with Crippen LogP contribution < -0.4 is 10.2 Å². The van der Waals surface area contributed by atoms with E-state index in [9.17, 15) is 0 Å². The van der Waals surface area contributed by atoms with E-state index in [1.54, 1.807) is 0 Å². The first-order chi connectivity index (χ1) is 8.76. The van der Waals surface area contributed by atoms with Gasteiger partial charge in [0.05, 0.1) is 5.69 Å². The van der Waals surface area contributed by atoms with Gasteiger partial charge in [0.15, 0.2) is 5.13 Å². The molecule has 102 valence electrons. The second kappa shape index (κ2) is 6.53. The third-order valence-electron chi connectivity index (χ3n) is 3.56. The van der Waals surface area contributed by atoms with Crippen LogP contribution in [0.15, 0.2) is 0 Å². The van der Waals surface area contributed by atoms with Crippen LogP contribution in [-0.2, 0) is 6.42 Å². The van der Waals surface area contributed by atoms with Crippen molar-refractivity contribution in [3.8, 4) is 0 Å². The topological polar surface area (TPSA) is 28.2 Å². The lowest BCUT2D eigenvalue weighted by atomic mass is 9.98. The molecule has 0 saturated heterocycles. The molecule has 1 N–H and O–H groups in total. The molecule has 1 aliphatic carbocycles. The first-order valence-electron chi connectivity index (χ1n) is 7.20. The Morgan fingerprint density at radius 2 is 2.28 bits per heavy atom. The highest BCUT2D eigenvalue weighted by Crippen LogP contribution is 2.37. The molecule has 1 aliphatic rings. The van der Waals surface area contributed by atoms with Crippen molar-refractivity contribution in [2.45, 2.75) is 52.0 Å². The summed E-state index contributed by atoms with van der Waals surface area (Å²) in [4.78, 5) is 8.64. The molecule has 1 aromatic rings. The lowest BCUT2D eigenvalue weighted by Crippen LogP contribution is -2.23. The maximum Gasteiger partial charge on any atom is 0.185 e. The predicted molar refractivity (Wildman–Crippen MR) is 79.6 cm³/mol. The van der Waals surface area contributed by atoms with E-state index in [-0.39, 0.29) is 0 Å². The second-order valence-corrected chi connectivity index (χ2v) is 6.09. The van der Waals surface area contributed by atoms with E-state index < -0.39 is 0 Å². The van der Waals surface area contributed by atoms with Gasteiger partial charge >= 0.3 is 0 Å². The van der Waals surface area contributed by atoms with Gasteiger partial charge in [0.1, 0.15) is 0 Å². The number of anilines is 1. The van der Waals surface area contributed by atoms with Gasteiger partial charge in [0.2, 0.25) is 0 Å². The molecule has 1 heterocycles. The van der Waals surface area contributed by atoms with E-state index in [0.29, 0.717) is 6.04 Å². The van der Waals surface area contributed by atoms with Crippen molar-refractivity contribution in [3.63, 3.8) is 0 Å². The molecule has 0 aliphatic heterocycles. The van der Waals surface area contributed by atoms with Gasteiger partial charge in [-0.2, -0.15) is 0 Å². The fraction of sp³-hybridized carbons (Fsp3) is 0.786. The molecule has 0 amide bonds. The SMILES string of the molecule is CCCCN(C)c1nc2c(s1)C(NCC)CCC2. The van der Waals surface area contributed by atoms with E-state index in [2.05, 4.69) is 31.1 Å². The average Bonchev–Trinajstić information content (AvgIpc) is 2.81. The van der Waals surface area contributed by atoms with Gasteiger partial charge in [-0.15, -0.1) is 0 Å². The summed E-state index contributed by atoms with van der Waals surface area (Å²) in [5.41, 5.74) is 1.34. The van der Waals surface area contributed by atoms with E-state index >= 15 is 0 Å². The molecule has 3 nitrogen and oxygen atoms in total. The highest BCUT2D eigenvalue weighted by Gasteiger charge is 2.24. The summed E-state index contributed by atoms with van der Waals surface area (Å²) in [5, 5.41) is 4.79. The van der Waals surface area contributed by atoms with Crippen molar-refractivity contribution in [1.82, 2.24) is 10.3 Å². The van der Waals surface area contributed by atoms with E-state index in [0.717, 1.165) is 19.5 Å². The maximum absolute atomic E-state index is 4.84. The second-order valence-electron chi connectivity index (χ2n) is 5.08. The van der Waals surface area contributed by atoms with Crippen LogP contribution in [0.5, 0.6) is 0 Å². The molecular weight excluding hydrogens is 242 g/mol. The van der Waals surface area contributed by atoms with E-state index in [1.807, 2.05) is 11.3 Å². The lowest BCUT2D eigenvalue weighted by molar-refractivity contribution is 0.476. The smallest absolute Gasteiger partial charge is 0.185 e. The molecule has 0 radical (unpaired) electrons. The Morgan fingerprint density at radius 3 is 3.00 bits per heavy atom. The first-order valence-corrected chi connectivity index (χ1v) is 8.02. The summed E-state index contributed by atoms with van der Waals surface area (Å²) in [6.45, 7) is 6.59. The number of rotatable bonds is 6. The Balaban J connectivity index is 2.11. The molecule has 1 unspecified atom stereocenters. The van der Waals surface area contributed by atoms with Gasteiger partial charge < -0.3 is 10.2 Å². The molecule has 0 aromatic carbocycles. The van der Waals surface area contributed by atoms with Crippen molar-refractivity contribution >= 4 is 16.5 Å². The molecule has 2 rings (SSSR count). The van der Waals surface area contributed by atoms with Gasteiger partial charge in [-0.05, 0) is 32.2 Å². The molecule has 0 fully saturated rings. The predicted octanol–water partition coefficient (Wildman–Crippen LogP) is 3.37. The zero-order chi connectivity index (χ0) is 13.0. The van der Waals surface area contributed by atoms with Gasteiger partial charge in [0.25, 0.3) is 0 Å². The van der Waals surface area contributed by atoms with Crippen LogP contribution in [-0.4, -0.2) is 25.1 Å². The maximum atomic E-state index is 4.84. The minimum atomic E-state index is 0.546. The number of unbranched alkanes of at least 4 members (excludes halogenated alkanes) is 1. The summed E-state index contributed by atoms with van der Waals surface area (Å²) in [5.74, 6) is 0. The number of nitrogens with one attached hydrogen (secondary N) is 1. The number of fused-ring (bicyclic) bond motifs is 1. The van der Waals surface area contributed by atoms with Crippen LogP contribution in [0.2, 0.25) is 0 Å². The standard InChI is InChI=1S/C14H25N3S/c1-4-6-10-17(3)14-16-12-9-7-8-11(15-5-2)13(12)18-14/h11,15H,4-10H2,1-3H3. The van der Waals surface area contributed by atoms with Gasteiger partial charge in [-0.3, -0.25) is 0 Å². The average molecular weight is 267 g/mol. The summed E-state index contributed by atoms with van der Waals surface area (Å²) in [7, 11) is 2.17. The summed E-state index contributed by atoms with van der Waals surface area (Å²) < 4.78 is 0. The van der Waals surface area contributed by atoms with Crippen LogP contribution in [0.25, 0.3) is 0 Å². The molecule has 0 saturated carbocycles. The van der Waals surface area contributed by atoms with Gasteiger partial charge in [-0.1, -0.05) is 31.6 Å². The molecule has 0 spiro atoms. The number of hydrogen-bond donors (Lipinski definition) is 1. The Hall–Kier alpha value is -0.610. The van der Waals surface area contributed by atoms with Crippen LogP contribution >= 0.6 is 11.3 Å². The third kappa shape index (κ3) is 3.04. The summed E-state index contributed by atoms with van der Waals surface area (Å²) in [6.07, 6.45) is 6.19.